The number of benzene rings is 1. The summed E-state index contributed by atoms with van der Waals surface area (Å²) < 4.78 is 5.67. The van der Waals surface area contributed by atoms with Crippen LogP contribution in [-0.4, -0.2) is 56.2 Å². The second kappa shape index (κ2) is 6.56. The van der Waals surface area contributed by atoms with Crippen molar-refractivity contribution in [1.29, 1.82) is 0 Å². The average Bonchev–Trinajstić information content (AvgIpc) is 2.52. The van der Waals surface area contributed by atoms with Gasteiger partial charge in [-0.1, -0.05) is 24.3 Å². The fraction of sp³-hybridized carbons (Fsp3) is 0.562. The summed E-state index contributed by atoms with van der Waals surface area (Å²) in [6.07, 6.45) is 0.858. The number of carbonyl (C=O) groups excluding carboxylic acids is 1. The highest BCUT2D eigenvalue weighted by Crippen LogP contribution is 2.16. The van der Waals surface area contributed by atoms with Gasteiger partial charge < -0.3 is 20.3 Å². The second-order valence-corrected chi connectivity index (χ2v) is 5.91. The van der Waals surface area contributed by atoms with Crippen LogP contribution in [0.4, 0.5) is 0 Å². The van der Waals surface area contributed by atoms with Crippen molar-refractivity contribution in [2.24, 2.45) is 0 Å². The van der Waals surface area contributed by atoms with E-state index in [0.29, 0.717) is 6.54 Å². The monoisotopic (exact) mass is 289 g/mol. The lowest BCUT2D eigenvalue weighted by Gasteiger charge is -2.31. The number of hydrogen-bond donors (Lipinski definition) is 2. The molecule has 0 radical (unpaired) electrons. The molecule has 5 heteroatoms. The third kappa shape index (κ3) is 3.61. The predicted octanol–water partition coefficient (Wildman–Crippen LogP) is 0.148. The Hall–Kier alpha value is -1.43. The molecule has 1 saturated heterocycles. The van der Waals surface area contributed by atoms with E-state index in [-0.39, 0.29) is 18.1 Å². The fourth-order valence-corrected chi connectivity index (χ4v) is 2.97. The molecule has 2 aliphatic rings. The van der Waals surface area contributed by atoms with E-state index in [1.165, 1.54) is 11.1 Å². The van der Waals surface area contributed by atoms with Crippen molar-refractivity contribution in [2.75, 3.05) is 33.3 Å². The number of amides is 1. The van der Waals surface area contributed by atoms with Gasteiger partial charge in [-0.25, -0.2) is 0 Å². The zero-order chi connectivity index (χ0) is 14.7. The van der Waals surface area contributed by atoms with Gasteiger partial charge in [-0.2, -0.15) is 0 Å². The molecule has 1 aromatic rings. The maximum Gasteiger partial charge on any atom is 0.237 e. The van der Waals surface area contributed by atoms with Crippen LogP contribution >= 0.6 is 0 Å². The summed E-state index contributed by atoms with van der Waals surface area (Å²) in [4.78, 5) is 14.5. The highest BCUT2D eigenvalue weighted by Gasteiger charge is 2.25. The molecule has 5 nitrogen and oxygen atoms in total. The molecular formula is C16H23N3O2. The van der Waals surface area contributed by atoms with Gasteiger partial charge in [-0.3, -0.25) is 4.79 Å². The third-order valence-corrected chi connectivity index (χ3v) is 4.24. The number of likely N-dealkylation sites (N-methyl/N-ethyl adjacent to an activating group) is 1. The van der Waals surface area contributed by atoms with Gasteiger partial charge in [0.1, 0.15) is 0 Å². The SMILES string of the molecule is CN1CCOC(CNC(=O)C2Cc3ccccc3CN2)C1. The molecule has 1 amide bonds. The second-order valence-electron chi connectivity index (χ2n) is 5.91. The van der Waals surface area contributed by atoms with E-state index in [4.69, 9.17) is 4.74 Å². The number of ether oxygens (including phenoxy) is 1. The van der Waals surface area contributed by atoms with Crippen LogP contribution in [0.25, 0.3) is 0 Å². The molecular weight excluding hydrogens is 266 g/mol. The van der Waals surface area contributed by atoms with Crippen LogP contribution in [0.5, 0.6) is 0 Å². The van der Waals surface area contributed by atoms with Crippen molar-refractivity contribution in [2.45, 2.75) is 25.1 Å². The van der Waals surface area contributed by atoms with E-state index in [1.807, 2.05) is 12.1 Å². The molecule has 114 valence electrons. The number of morpholine rings is 1. The van der Waals surface area contributed by atoms with Gasteiger partial charge in [-0.15, -0.1) is 0 Å². The molecule has 2 aliphatic heterocycles. The molecule has 0 aromatic heterocycles. The van der Waals surface area contributed by atoms with Crippen molar-refractivity contribution in [3.05, 3.63) is 35.4 Å². The zero-order valence-corrected chi connectivity index (χ0v) is 12.5. The van der Waals surface area contributed by atoms with Gasteiger partial charge in [0.25, 0.3) is 0 Å². The molecule has 1 aromatic carbocycles. The minimum Gasteiger partial charge on any atom is -0.374 e. The zero-order valence-electron chi connectivity index (χ0n) is 12.5. The van der Waals surface area contributed by atoms with E-state index in [0.717, 1.165) is 32.7 Å². The molecule has 0 bridgehead atoms. The molecule has 2 unspecified atom stereocenters. The Labute approximate surface area is 125 Å². The topological polar surface area (TPSA) is 53.6 Å². The molecule has 21 heavy (non-hydrogen) atoms. The van der Waals surface area contributed by atoms with Crippen LogP contribution in [0.15, 0.2) is 24.3 Å². The highest BCUT2D eigenvalue weighted by atomic mass is 16.5. The normalized spacial score (nSPS) is 26.1. The Balaban J connectivity index is 1.50. The molecule has 3 rings (SSSR count). The molecule has 2 heterocycles. The van der Waals surface area contributed by atoms with E-state index in [1.54, 1.807) is 0 Å². The van der Waals surface area contributed by atoms with Crippen molar-refractivity contribution in [3.8, 4) is 0 Å². The first kappa shape index (κ1) is 14.5. The fourth-order valence-electron chi connectivity index (χ4n) is 2.97. The third-order valence-electron chi connectivity index (χ3n) is 4.24. The summed E-state index contributed by atoms with van der Waals surface area (Å²) in [5.74, 6) is 0.0707. The number of carbonyl (C=O) groups is 1. The Morgan fingerprint density at radius 1 is 1.43 bits per heavy atom. The lowest BCUT2D eigenvalue weighted by atomic mass is 9.95. The van der Waals surface area contributed by atoms with E-state index < -0.39 is 0 Å². The molecule has 0 aliphatic carbocycles. The molecule has 0 saturated carbocycles. The summed E-state index contributed by atoms with van der Waals surface area (Å²) in [6, 6.07) is 8.15. The van der Waals surface area contributed by atoms with Crippen molar-refractivity contribution in [1.82, 2.24) is 15.5 Å². The quantitative estimate of drug-likeness (QED) is 0.831. The van der Waals surface area contributed by atoms with Crippen LogP contribution in [0.3, 0.4) is 0 Å². The van der Waals surface area contributed by atoms with Gasteiger partial charge in [0.2, 0.25) is 5.91 Å². The Kier molecular flexibility index (Phi) is 4.53. The summed E-state index contributed by atoms with van der Waals surface area (Å²) in [6.45, 7) is 3.93. The lowest BCUT2D eigenvalue weighted by Crippen LogP contribution is -2.51. The number of nitrogens with zero attached hydrogens (tertiary/aromatic N) is 1. The Bertz CT molecular complexity index is 506. The summed E-state index contributed by atoms with van der Waals surface area (Å²) in [5.41, 5.74) is 2.56. The predicted molar refractivity (Wildman–Crippen MR) is 81.0 cm³/mol. The van der Waals surface area contributed by atoms with Crippen LogP contribution in [-0.2, 0) is 22.5 Å². The molecule has 1 fully saturated rings. The number of rotatable bonds is 3. The summed E-state index contributed by atoms with van der Waals surface area (Å²) >= 11 is 0. The maximum absolute atomic E-state index is 12.3. The first-order valence-electron chi connectivity index (χ1n) is 7.60. The van der Waals surface area contributed by atoms with E-state index >= 15 is 0 Å². The number of hydrogen-bond acceptors (Lipinski definition) is 4. The minimum absolute atomic E-state index is 0.0707. The summed E-state index contributed by atoms with van der Waals surface area (Å²) in [7, 11) is 2.08. The number of nitrogens with one attached hydrogen (secondary N) is 2. The first-order chi connectivity index (χ1) is 10.2. The van der Waals surface area contributed by atoms with Crippen molar-refractivity contribution in [3.63, 3.8) is 0 Å². The van der Waals surface area contributed by atoms with E-state index in [2.05, 4.69) is 34.7 Å². The lowest BCUT2D eigenvalue weighted by molar-refractivity contribution is -0.124. The Morgan fingerprint density at radius 2 is 2.24 bits per heavy atom. The maximum atomic E-state index is 12.3. The molecule has 0 spiro atoms. The van der Waals surface area contributed by atoms with Gasteiger partial charge in [0, 0.05) is 26.2 Å². The van der Waals surface area contributed by atoms with E-state index in [9.17, 15) is 4.79 Å². The Morgan fingerprint density at radius 3 is 3.05 bits per heavy atom. The van der Waals surface area contributed by atoms with Crippen LogP contribution < -0.4 is 10.6 Å². The molecule has 2 atom stereocenters. The highest BCUT2D eigenvalue weighted by molar-refractivity contribution is 5.82. The van der Waals surface area contributed by atoms with Gasteiger partial charge in [-0.05, 0) is 24.6 Å². The van der Waals surface area contributed by atoms with Gasteiger partial charge in [0.15, 0.2) is 0 Å². The van der Waals surface area contributed by atoms with Crippen molar-refractivity contribution >= 4 is 5.91 Å². The van der Waals surface area contributed by atoms with Crippen LogP contribution in [0, 0.1) is 0 Å². The largest absolute Gasteiger partial charge is 0.374 e. The standard InChI is InChI=1S/C16H23N3O2/c1-19-6-7-21-14(11-19)10-18-16(20)15-8-12-4-2-3-5-13(12)9-17-15/h2-5,14-15,17H,6-11H2,1H3,(H,18,20). The van der Waals surface area contributed by atoms with Crippen LogP contribution in [0.1, 0.15) is 11.1 Å². The van der Waals surface area contributed by atoms with Gasteiger partial charge >= 0.3 is 0 Å². The smallest absolute Gasteiger partial charge is 0.237 e. The minimum atomic E-state index is -0.138. The summed E-state index contributed by atoms with van der Waals surface area (Å²) in [5, 5.41) is 6.33. The van der Waals surface area contributed by atoms with Crippen molar-refractivity contribution < 1.29 is 9.53 Å². The van der Waals surface area contributed by atoms with Crippen LogP contribution in [0.2, 0.25) is 0 Å². The number of fused-ring (bicyclic) bond motifs is 1. The van der Waals surface area contributed by atoms with Gasteiger partial charge in [0.05, 0.1) is 18.8 Å². The first-order valence-corrected chi connectivity index (χ1v) is 7.60. The average molecular weight is 289 g/mol. The molecule has 2 N–H and O–H groups in total.